The van der Waals surface area contributed by atoms with Gasteiger partial charge >= 0.3 is 0 Å². The van der Waals surface area contributed by atoms with Crippen molar-refractivity contribution in [2.24, 2.45) is 0 Å². The molecule has 0 atom stereocenters. The van der Waals surface area contributed by atoms with Gasteiger partial charge in [0.2, 0.25) is 0 Å². The minimum Gasteiger partial charge on any atom is -0.376 e. The first-order valence-electron chi connectivity index (χ1n) is 3.94. The highest BCUT2D eigenvalue weighted by Crippen LogP contribution is 2.30. The summed E-state index contributed by atoms with van der Waals surface area (Å²) in [5.74, 6) is 0. The molecule has 1 aliphatic heterocycles. The fourth-order valence-electron chi connectivity index (χ4n) is 1.64. The highest BCUT2D eigenvalue weighted by atomic mass is 32.1. The van der Waals surface area contributed by atoms with Crippen LogP contribution < -0.4 is 0 Å². The minimum absolute atomic E-state index is 0.839. The number of hydrogen-bond acceptors (Lipinski definition) is 2. The van der Waals surface area contributed by atoms with Crippen LogP contribution in [0.3, 0.4) is 0 Å². The predicted octanol–water partition coefficient (Wildman–Crippen LogP) is 2.44. The van der Waals surface area contributed by atoms with Crippen LogP contribution in [0.2, 0.25) is 0 Å². The Kier molecular flexibility index (Phi) is 1.74. The molecule has 1 aromatic rings. The van der Waals surface area contributed by atoms with E-state index in [1.54, 1.807) is 5.56 Å². The molecule has 11 heavy (non-hydrogen) atoms. The topological polar surface area (TPSA) is 9.23 Å². The van der Waals surface area contributed by atoms with Gasteiger partial charge in [0.1, 0.15) is 0 Å². The fraction of sp³-hybridized carbons (Fsp3) is 0.556. The van der Waals surface area contributed by atoms with Gasteiger partial charge in [0.25, 0.3) is 0 Å². The molecule has 1 aliphatic rings. The van der Waals surface area contributed by atoms with Crippen molar-refractivity contribution >= 4 is 11.3 Å². The summed E-state index contributed by atoms with van der Waals surface area (Å²) in [5, 5.41) is 0. The lowest BCUT2D eigenvalue weighted by atomic mass is 10.1. The predicted molar refractivity (Wildman–Crippen MR) is 47.2 cm³/mol. The van der Waals surface area contributed by atoms with E-state index in [0.29, 0.717) is 0 Å². The van der Waals surface area contributed by atoms with Crippen LogP contribution in [0.15, 0.2) is 0 Å². The van der Waals surface area contributed by atoms with Gasteiger partial charge in [0.15, 0.2) is 0 Å². The third kappa shape index (κ3) is 1.10. The summed E-state index contributed by atoms with van der Waals surface area (Å²) in [6.45, 7) is 6.14. The van der Waals surface area contributed by atoms with E-state index in [9.17, 15) is 0 Å². The Bertz CT molecular complexity index is 249. The van der Waals surface area contributed by atoms with E-state index in [2.05, 4.69) is 13.8 Å². The van der Waals surface area contributed by atoms with Crippen LogP contribution in [-0.2, 0) is 17.8 Å². The second kappa shape index (κ2) is 2.61. The molecule has 0 unspecified atom stereocenters. The molecule has 2 rings (SSSR count). The van der Waals surface area contributed by atoms with Gasteiger partial charge in [-0.1, -0.05) is 0 Å². The lowest BCUT2D eigenvalue weighted by Crippen LogP contribution is -2.08. The summed E-state index contributed by atoms with van der Waals surface area (Å²) in [6, 6.07) is 0. The van der Waals surface area contributed by atoms with Crippen LogP contribution in [0.5, 0.6) is 0 Å². The van der Waals surface area contributed by atoms with E-state index in [4.69, 9.17) is 4.74 Å². The van der Waals surface area contributed by atoms with Gasteiger partial charge in [-0.25, -0.2) is 0 Å². The number of ether oxygens (including phenoxy) is 1. The van der Waals surface area contributed by atoms with Gasteiger partial charge in [0.05, 0.1) is 13.2 Å². The summed E-state index contributed by atoms with van der Waals surface area (Å²) < 4.78 is 5.40. The average molecular weight is 168 g/mol. The normalized spacial score (nSPS) is 16.5. The van der Waals surface area contributed by atoms with Crippen molar-refractivity contribution < 1.29 is 4.74 Å². The molecule has 0 saturated carbocycles. The Morgan fingerprint density at radius 2 is 1.91 bits per heavy atom. The highest BCUT2D eigenvalue weighted by Gasteiger charge is 2.16. The van der Waals surface area contributed by atoms with E-state index in [-0.39, 0.29) is 0 Å². The van der Waals surface area contributed by atoms with Crippen molar-refractivity contribution in [2.75, 3.05) is 6.61 Å². The second-order valence-corrected chi connectivity index (χ2v) is 4.40. The van der Waals surface area contributed by atoms with E-state index < -0.39 is 0 Å². The van der Waals surface area contributed by atoms with Crippen molar-refractivity contribution in [3.05, 3.63) is 20.9 Å². The average Bonchev–Trinajstić information content (AvgIpc) is 2.30. The maximum atomic E-state index is 5.40. The molecule has 2 heteroatoms. The molecule has 0 fully saturated rings. The SMILES string of the molecule is Cc1sc(C)c2c1CCOC2. The molecule has 0 bridgehead atoms. The molecule has 60 valence electrons. The van der Waals surface area contributed by atoms with E-state index in [0.717, 1.165) is 19.6 Å². The van der Waals surface area contributed by atoms with Crippen LogP contribution >= 0.6 is 11.3 Å². The van der Waals surface area contributed by atoms with Gasteiger partial charge in [0, 0.05) is 9.75 Å². The first-order chi connectivity index (χ1) is 5.29. The molecule has 0 spiro atoms. The third-order valence-electron chi connectivity index (χ3n) is 2.26. The first-order valence-corrected chi connectivity index (χ1v) is 4.76. The molecular weight excluding hydrogens is 156 g/mol. The number of thiophene rings is 1. The zero-order chi connectivity index (χ0) is 7.84. The third-order valence-corrected chi connectivity index (χ3v) is 3.37. The molecule has 0 amide bonds. The molecule has 1 aromatic heterocycles. The monoisotopic (exact) mass is 168 g/mol. The van der Waals surface area contributed by atoms with Crippen LogP contribution in [0.25, 0.3) is 0 Å². The largest absolute Gasteiger partial charge is 0.376 e. The highest BCUT2D eigenvalue weighted by molar-refractivity contribution is 7.12. The Labute approximate surface area is 71.0 Å². The smallest absolute Gasteiger partial charge is 0.0730 e. The fourth-order valence-corrected chi connectivity index (χ4v) is 2.76. The lowest BCUT2D eigenvalue weighted by Gasteiger charge is -2.13. The molecular formula is C9H12OS. The van der Waals surface area contributed by atoms with E-state index in [1.165, 1.54) is 15.3 Å². The van der Waals surface area contributed by atoms with Gasteiger partial charge in [-0.15, -0.1) is 11.3 Å². The second-order valence-electron chi connectivity index (χ2n) is 2.97. The van der Waals surface area contributed by atoms with Crippen molar-refractivity contribution in [1.29, 1.82) is 0 Å². The Morgan fingerprint density at radius 1 is 1.18 bits per heavy atom. The summed E-state index contributed by atoms with van der Waals surface area (Å²) in [7, 11) is 0. The van der Waals surface area contributed by atoms with E-state index in [1.807, 2.05) is 11.3 Å². The number of rotatable bonds is 0. The van der Waals surface area contributed by atoms with Crippen LogP contribution in [0.1, 0.15) is 20.9 Å². The summed E-state index contributed by atoms with van der Waals surface area (Å²) in [4.78, 5) is 2.93. The molecule has 0 aromatic carbocycles. The maximum absolute atomic E-state index is 5.40. The quantitative estimate of drug-likeness (QED) is 0.578. The van der Waals surface area contributed by atoms with Gasteiger partial charge in [-0.3, -0.25) is 0 Å². The van der Waals surface area contributed by atoms with Crippen LogP contribution in [-0.4, -0.2) is 6.61 Å². The van der Waals surface area contributed by atoms with Crippen molar-refractivity contribution in [1.82, 2.24) is 0 Å². The summed E-state index contributed by atoms with van der Waals surface area (Å²) in [6.07, 6.45) is 1.12. The van der Waals surface area contributed by atoms with Gasteiger partial charge in [-0.05, 0) is 31.4 Å². The van der Waals surface area contributed by atoms with Gasteiger partial charge in [-0.2, -0.15) is 0 Å². The molecule has 0 N–H and O–H groups in total. The molecule has 0 radical (unpaired) electrons. The van der Waals surface area contributed by atoms with Crippen LogP contribution in [0.4, 0.5) is 0 Å². The molecule has 2 heterocycles. The van der Waals surface area contributed by atoms with Gasteiger partial charge < -0.3 is 4.74 Å². The zero-order valence-electron chi connectivity index (χ0n) is 6.94. The molecule has 0 saturated heterocycles. The minimum atomic E-state index is 0.839. The molecule has 1 nitrogen and oxygen atoms in total. The maximum Gasteiger partial charge on any atom is 0.0730 e. The first kappa shape index (κ1) is 7.32. The van der Waals surface area contributed by atoms with Crippen LogP contribution in [0, 0.1) is 13.8 Å². The zero-order valence-corrected chi connectivity index (χ0v) is 7.75. The Morgan fingerprint density at radius 3 is 2.64 bits per heavy atom. The van der Waals surface area contributed by atoms with E-state index >= 15 is 0 Å². The van der Waals surface area contributed by atoms with Crippen molar-refractivity contribution in [3.8, 4) is 0 Å². The standard InChI is InChI=1S/C9H12OS/c1-6-8-3-4-10-5-9(8)7(2)11-6/h3-5H2,1-2H3. The number of aryl methyl sites for hydroxylation is 2. The summed E-state index contributed by atoms with van der Waals surface area (Å²) in [5.41, 5.74) is 3.01. The Hall–Kier alpha value is -0.340. The number of fused-ring (bicyclic) bond motifs is 1. The van der Waals surface area contributed by atoms with Crippen molar-refractivity contribution in [2.45, 2.75) is 26.9 Å². The van der Waals surface area contributed by atoms with Crippen molar-refractivity contribution in [3.63, 3.8) is 0 Å². The Balaban J connectivity index is 2.52. The number of hydrogen-bond donors (Lipinski definition) is 0. The lowest BCUT2D eigenvalue weighted by molar-refractivity contribution is 0.111. The summed E-state index contributed by atoms with van der Waals surface area (Å²) >= 11 is 1.90. The molecule has 0 aliphatic carbocycles.